The van der Waals surface area contributed by atoms with Gasteiger partial charge in [-0.1, -0.05) is 19.0 Å². The highest BCUT2D eigenvalue weighted by atomic mass is 16.5. The second-order valence-corrected chi connectivity index (χ2v) is 5.17. The summed E-state index contributed by atoms with van der Waals surface area (Å²) in [4.78, 5) is 4.17. The Labute approximate surface area is 102 Å². The van der Waals surface area contributed by atoms with Crippen LogP contribution >= 0.6 is 0 Å². The summed E-state index contributed by atoms with van der Waals surface area (Å²) >= 11 is 0. The van der Waals surface area contributed by atoms with E-state index in [2.05, 4.69) is 29.3 Å². The van der Waals surface area contributed by atoms with Crippen LogP contribution in [0.1, 0.15) is 38.9 Å². The Hall–Kier alpha value is -0.940. The zero-order valence-electron chi connectivity index (χ0n) is 11.0. The number of aromatic nitrogens is 2. The van der Waals surface area contributed by atoms with Crippen LogP contribution in [0.25, 0.3) is 0 Å². The van der Waals surface area contributed by atoms with Crippen LogP contribution in [0, 0.1) is 12.3 Å². The van der Waals surface area contributed by atoms with Crippen molar-refractivity contribution >= 4 is 0 Å². The molecule has 5 nitrogen and oxygen atoms in total. The Balaban J connectivity index is 1.82. The fraction of sp³-hybridized carbons (Fsp3) is 0.833. The molecule has 1 fully saturated rings. The van der Waals surface area contributed by atoms with Gasteiger partial charge < -0.3 is 14.6 Å². The van der Waals surface area contributed by atoms with E-state index in [1.807, 2.05) is 13.8 Å². The lowest BCUT2D eigenvalue weighted by molar-refractivity contribution is -0.114. The van der Waals surface area contributed by atoms with Crippen LogP contribution in [0.4, 0.5) is 0 Å². The Kier molecular flexibility index (Phi) is 3.49. The van der Waals surface area contributed by atoms with Crippen LogP contribution in [0.2, 0.25) is 0 Å². The van der Waals surface area contributed by atoms with Crippen LogP contribution in [0.15, 0.2) is 4.52 Å². The molecule has 0 saturated heterocycles. The number of hydrogen-bond donors (Lipinski definition) is 1. The number of nitrogens with one attached hydrogen (secondary N) is 1. The van der Waals surface area contributed by atoms with E-state index in [0.29, 0.717) is 30.4 Å². The van der Waals surface area contributed by atoms with E-state index < -0.39 is 0 Å². The third-order valence-corrected chi connectivity index (χ3v) is 3.61. The average molecular weight is 239 g/mol. The molecule has 5 heteroatoms. The molecule has 0 radical (unpaired) electrons. The summed E-state index contributed by atoms with van der Waals surface area (Å²) in [7, 11) is 0. The van der Waals surface area contributed by atoms with Gasteiger partial charge in [0.05, 0.1) is 12.6 Å². The zero-order valence-corrected chi connectivity index (χ0v) is 11.0. The highest BCUT2D eigenvalue weighted by molar-refractivity contribution is 5.03. The van der Waals surface area contributed by atoms with Crippen molar-refractivity contribution in [3.63, 3.8) is 0 Å². The van der Waals surface area contributed by atoms with Crippen molar-refractivity contribution in [1.29, 1.82) is 0 Å². The molecule has 2 unspecified atom stereocenters. The van der Waals surface area contributed by atoms with Gasteiger partial charge in [0.25, 0.3) is 0 Å². The molecule has 0 spiro atoms. The lowest BCUT2D eigenvalue weighted by Crippen LogP contribution is -2.60. The number of nitrogens with zero attached hydrogens (tertiary/aromatic N) is 2. The second-order valence-electron chi connectivity index (χ2n) is 5.17. The van der Waals surface area contributed by atoms with Gasteiger partial charge in [0, 0.05) is 18.1 Å². The Morgan fingerprint density at radius 1 is 1.53 bits per heavy atom. The molecule has 1 heterocycles. The van der Waals surface area contributed by atoms with Crippen molar-refractivity contribution in [2.45, 2.75) is 52.8 Å². The standard InChI is InChI=1S/C12H21N3O2/c1-5-16-10-6-9(12(10,3)4)13-7-11-14-8(2)15-17-11/h9-10,13H,5-7H2,1-4H3. The highest BCUT2D eigenvalue weighted by Gasteiger charge is 2.48. The molecule has 2 rings (SSSR count). The molecule has 1 aliphatic carbocycles. The fourth-order valence-electron chi connectivity index (χ4n) is 2.34. The van der Waals surface area contributed by atoms with E-state index in [-0.39, 0.29) is 5.41 Å². The molecule has 1 aromatic heterocycles. The van der Waals surface area contributed by atoms with Gasteiger partial charge in [0.1, 0.15) is 0 Å². The summed E-state index contributed by atoms with van der Waals surface area (Å²) in [6.45, 7) is 9.74. The van der Waals surface area contributed by atoms with Gasteiger partial charge in [-0.15, -0.1) is 0 Å². The predicted octanol–water partition coefficient (Wildman–Crippen LogP) is 1.67. The lowest BCUT2D eigenvalue weighted by Gasteiger charge is -2.51. The number of rotatable bonds is 5. The molecule has 96 valence electrons. The van der Waals surface area contributed by atoms with Crippen molar-refractivity contribution < 1.29 is 9.26 Å². The molecule has 0 amide bonds. The third kappa shape index (κ3) is 2.50. The number of aryl methyl sites for hydroxylation is 1. The second kappa shape index (κ2) is 4.74. The first-order valence-electron chi connectivity index (χ1n) is 6.18. The maximum atomic E-state index is 5.69. The smallest absolute Gasteiger partial charge is 0.240 e. The maximum Gasteiger partial charge on any atom is 0.240 e. The Bertz CT molecular complexity index is 376. The molecule has 1 N–H and O–H groups in total. The first-order valence-corrected chi connectivity index (χ1v) is 6.18. The first-order chi connectivity index (χ1) is 8.04. The van der Waals surface area contributed by atoms with Gasteiger partial charge in [-0.3, -0.25) is 0 Å². The minimum Gasteiger partial charge on any atom is -0.378 e. The third-order valence-electron chi connectivity index (χ3n) is 3.61. The molecule has 17 heavy (non-hydrogen) atoms. The van der Waals surface area contributed by atoms with E-state index in [1.165, 1.54) is 0 Å². The normalized spacial score (nSPS) is 26.8. The van der Waals surface area contributed by atoms with Gasteiger partial charge in [0.15, 0.2) is 5.82 Å². The Morgan fingerprint density at radius 2 is 2.29 bits per heavy atom. The molecular weight excluding hydrogens is 218 g/mol. The SMILES string of the molecule is CCOC1CC(NCc2nc(C)no2)C1(C)C. The summed E-state index contributed by atoms with van der Waals surface area (Å²) in [6, 6.07) is 0.450. The molecule has 2 atom stereocenters. The van der Waals surface area contributed by atoms with E-state index in [1.54, 1.807) is 0 Å². The van der Waals surface area contributed by atoms with E-state index in [4.69, 9.17) is 9.26 Å². The van der Waals surface area contributed by atoms with Gasteiger partial charge >= 0.3 is 0 Å². The van der Waals surface area contributed by atoms with Crippen molar-refractivity contribution in [3.05, 3.63) is 11.7 Å². The van der Waals surface area contributed by atoms with Crippen LogP contribution < -0.4 is 5.32 Å². The highest BCUT2D eigenvalue weighted by Crippen LogP contribution is 2.42. The van der Waals surface area contributed by atoms with Gasteiger partial charge in [-0.05, 0) is 20.3 Å². The minimum atomic E-state index is 0.172. The predicted molar refractivity (Wildman–Crippen MR) is 63.5 cm³/mol. The van der Waals surface area contributed by atoms with E-state index >= 15 is 0 Å². The van der Waals surface area contributed by atoms with Gasteiger partial charge in [0.2, 0.25) is 5.89 Å². The maximum absolute atomic E-state index is 5.69. The number of ether oxygens (including phenoxy) is 1. The number of hydrogen-bond acceptors (Lipinski definition) is 5. The van der Waals surface area contributed by atoms with Crippen molar-refractivity contribution in [2.24, 2.45) is 5.41 Å². The molecular formula is C12H21N3O2. The topological polar surface area (TPSA) is 60.2 Å². The van der Waals surface area contributed by atoms with Crippen molar-refractivity contribution in [1.82, 2.24) is 15.5 Å². The van der Waals surface area contributed by atoms with Crippen LogP contribution in [-0.4, -0.2) is 28.9 Å². The Morgan fingerprint density at radius 3 is 2.82 bits per heavy atom. The molecule has 1 aromatic rings. The van der Waals surface area contributed by atoms with Gasteiger partial charge in [-0.25, -0.2) is 0 Å². The summed E-state index contributed by atoms with van der Waals surface area (Å²) in [5.74, 6) is 1.33. The van der Waals surface area contributed by atoms with Crippen molar-refractivity contribution in [2.75, 3.05) is 6.61 Å². The van der Waals surface area contributed by atoms with Crippen LogP contribution in [0.5, 0.6) is 0 Å². The van der Waals surface area contributed by atoms with Crippen LogP contribution in [-0.2, 0) is 11.3 Å². The fourth-order valence-corrected chi connectivity index (χ4v) is 2.34. The monoisotopic (exact) mass is 239 g/mol. The largest absolute Gasteiger partial charge is 0.378 e. The van der Waals surface area contributed by atoms with Crippen molar-refractivity contribution in [3.8, 4) is 0 Å². The molecule has 0 aliphatic heterocycles. The summed E-state index contributed by atoms with van der Waals surface area (Å²) in [6.07, 6.45) is 1.41. The van der Waals surface area contributed by atoms with E-state index in [9.17, 15) is 0 Å². The lowest BCUT2D eigenvalue weighted by atomic mass is 9.64. The molecule has 1 aliphatic rings. The average Bonchev–Trinajstić information content (AvgIpc) is 2.68. The summed E-state index contributed by atoms with van der Waals surface area (Å²) < 4.78 is 10.8. The van der Waals surface area contributed by atoms with Crippen LogP contribution in [0.3, 0.4) is 0 Å². The molecule has 0 aromatic carbocycles. The summed E-state index contributed by atoms with van der Waals surface area (Å²) in [5, 5.41) is 7.22. The summed E-state index contributed by atoms with van der Waals surface area (Å²) in [5.41, 5.74) is 0.172. The molecule has 0 bridgehead atoms. The van der Waals surface area contributed by atoms with E-state index in [0.717, 1.165) is 13.0 Å². The quantitative estimate of drug-likeness (QED) is 0.847. The minimum absolute atomic E-state index is 0.172. The first kappa shape index (κ1) is 12.5. The zero-order chi connectivity index (χ0) is 12.5. The molecule has 1 saturated carbocycles. The van der Waals surface area contributed by atoms with Gasteiger partial charge in [-0.2, -0.15) is 4.98 Å².